The highest BCUT2D eigenvalue weighted by atomic mass is 19.2. The largest absolute Gasteiger partial charge is 0.396 e. The van der Waals surface area contributed by atoms with Crippen molar-refractivity contribution in [3.05, 3.63) is 34.9 Å². The van der Waals surface area contributed by atoms with Crippen LogP contribution in [0.1, 0.15) is 22.8 Å². The Bertz CT molecular complexity index is 612. The molecule has 25 heavy (non-hydrogen) atoms. The lowest BCUT2D eigenvalue weighted by atomic mass is 9.96. The lowest BCUT2D eigenvalue weighted by molar-refractivity contribution is 0.0772. The van der Waals surface area contributed by atoms with Gasteiger partial charge in [-0.2, -0.15) is 0 Å². The van der Waals surface area contributed by atoms with E-state index in [-0.39, 0.29) is 36.2 Å². The van der Waals surface area contributed by atoms with Crippen LogP contribution in [-0.2, 0) is 0 Å². The number of benzene rings is 1. The van der Waals surface area contributed by atoms with Crippen molar-refractivity contribution >= 4 is 5.91 Å². The molecule has 0 saturated carbocycles. The van der Waals surface area contributed by atoms with Crippen molar-refractivity contribution in [2.75, 3.05) is 45.9 Å². The van der Waals surface area contributed by atoms with Crippen molar-refractivity contribution in [1.29, 1.82) is 0 Å². The SMILES string of the molecule is CCN(CCO)C[C@@H]1CN(C(=O)c2ccc(C)c(F)c2F)C[C@@H]1CO. The van der Waals surface area contributed by atoms with Gasteiger partial charge in [0.15, 0.2) is 11.6 Å². The maximum absolute atomic E-state index is 14.1. The number of nitrogens with zero attached hydrogens (tertiary/aromatic N) is 2. The zero-order chi connectivity index (χ0) is 18.6. The Balaban J connectivity index is 2.13. The molecular weight excluding hydrogens is 330 g/mol. The summed E-state index contributed by atoms with van der Waals surface area (Å²) in [6.07, 6.45) is 0. The van der Waals surface area contributed by atoms with Gasteiger partial charge in [0.05, 0.1) is 12.2 Å². The van der Waals surface area contributed by atoms with Crippen LogP contribution in [0.25, 0.3) is 0 Å². The zero-order valence-corrected chi connectivity index (χ0v) is 14.7. The second-order valence-corrected chi connectivity index (χ2v) is 6.59. The van der Waals surface area contributed by atoms with E-state index >= 15 is 0 Å². The fraction of sp³-hybridized carbons (Fsp3) is 0.611. The molecule has 5 nitrogen and oxygen atoms in total. The fourth-order valence-electron chi connectivity index (χ4n) is 3.35. The number of carbonyl (C=O) groups excluding carboxylic acids is 1. The van der Waals surface area contributed by atoms with Gasteiger partial charge in [-0.3, -0.25) is 4.79 Å². The van der Waals surface area contributed by atoms with Crippen molar-refractivity contribution < 1.29 is 23.8 Å². The Morgan fingerprint density at radius 3 is 2.52 bits per heavy atom. The predicted octanol–water partition coefficient (Wildman–Crippen LogP) is 1.27. The number of likely N-dealkylation sites (N-methyl/N-ethyl adjacent to an activating group) is 1. The van der Waals surface area contributed by atoms with E-state index < -0.39 is 17.5 Å². The molecule has 7 heteroatoms. The Labute approximate surface area is 146 Å². The smallest absolute Gasteiger partial charge is 0.256 e. The van der Waals surface area contributed by atoms with E-state index in [1.54, 1.807) is 0 Å². The summed E-state index contributed by atoms with van der Waals surface area (Å²) in [5, 5.41) is 18.7. The van der Waals surface area contributed by atoms with Crippen molar-refractivity contribution in [3.63, 3.8) is 0 Å². The van der Waals surface area contributed by atoms with Crippen molar-refractivity contribution in [1.82, 2.24) is 9.80 Å². The van der Waals surface area contributed by atoms with Gasteiger partial charge in [0.1, 0.15) is 0 Å². The Kier molecular flexibility index (Phi) is 6.87. The van der Waals surface area contributed by atoms with Crippen LogP contribution >= 0.6 is 0 Å². The number of hydrogen-bond acceptors (Lipinski definition) is 4. The Hall–Kier alpha value is -1.57. The second kappa shape index (κ2) is 8.69. The van der Waals surface area contributed by atoms with E-state index in [0.717, 1.165) is 6.54 Å². The number of aryl methyl sites for hydroxylation is 1. The summed E-state index contributed by atoms with van der Waals surface area (Å²) in [5.41, 5.74) is -0.118. The molecule has 0 spiro atoms. The number of aliphatic hydroxyl groups is 2. The highest BCUT2D eigenvalue weighted by molar-refractivity contribution is 5.94. The highest BCUT2D eigenvalue weighted by Gasteiger charge is 2.36. The molecular formula is C18H26F2N2O3. The molecule has 1 saturated heterocycles. The minimum Gasteiger partial charge on any atom is -0.396 e. The van der Waals surface area contributed by atoms with E-state index in [1.165, 1.54) is 24.0 Å². The summed E-state index contributed by atoms with van der Waals surface area (Å²) < 4.78 is 27.8. The van der Waals surface area contributed by atoms with Crippen LogP contribution in [-0.4, -0.2) is 71.9 Å². The fourth-order valence-corrected chi connectivity index (χ4v) is 3.35. The molecule has 0 bridgehead atoms. The molecule has 2 rings (SSSR count). The lowest BCUT2D eigenvalue weighted by Crippen LogP contribution is -2.36. The van der Waals surface area contributed by atoms with Gasteiger partial charge < -0.3 is 20.0 Å². The predicted molar refractivity (Wildman–Crippen MR) is 90.3 cm³/mol. The van der Waals surface area contributed by atoms with Gasteiger partial charge in [0.25, 0.3) is 5.91 Å². The number of rotatable bonds is 7. The minimum absolute atomic E-state index is 0.0267. The van der Waals surface area contributed by atoms with Gasteiger partial charge in [0, 0.05) is 38.7 Å². The summed E-state index contributed by atoms with van der Waals surface area (Å²) in [6.45, 7) is 5.99. The zero-order valence-electron chi connectivity index (χ0n) is 14.7. The van der Waals surface area contributed by atoms with Crippen molar-refractivity contribution in [2.45, 2.75) is 13.8 Å². The quantitative estimate of drug-likeness (QED) is 0.772. The lowest BCUT2D eigenvalue weighted by Gasteiger charge is -2.25. The summed E-state index contributed by atoms with van der Waals surface area (Å²) in [5.74, 6) is -2.76. The first-order valence-corrected chi connectivity index (χ1v) is 8.60. The summed E-state index contributed by atoms with van der Waals surface area (Å²) in [6, 6.07) is 2.70. The molecule has 0 aromatic heterocycles. The van der Waals surface area contributed by atoms with Gasteiger partial charge >= 0.3 is 0 Å². The summed E-state index contributed by atoms with van der Waals surface area (Å²) in [7, 11) is 0. The topological polar surface area (TPSA) is 64.0 Å². The number of amides is 1. The first-order chi connectivity index (χ1) is 11.9. The molecule has 1 fully saturated rings. The molecule has 0 aliphatic carbocycles. The highest BCUT2D eigenvalue weighted by Crippen LogP contribution is 2.27. The van der Waals surface area contributed by atoms with Crippen LogP contribution in [0.4, 0.5) is 8.78 Å². The van der Waals surface area contributed by atoms with Gasteiger partial charge in [-0.1, -0.05) is 13.0 Å². The molecule has 0 unspecified atom stereocenters. The molecule has 1 heterocycles. The maximum atomic E-state index is 14.1. The van der Waals surface area contributed by atoms with E-state index in [1.807, 2.05) is 11.8 Å². The molecule has 1 aromatic rings. The van der Waals surface area contributed by atoms with Gasteiger partial charge in [-0.05, 0) is 31.0 Å². The number of halogens is 2. The standard InChI is InChI=1S/C18H26F2N2O3/c1-3-21(6-7-23)8-13-9-22(10-14(13)11-24)18(25)15-5-4-12(2)16(19)17(15)20/h4-5,13-14,23-24H,3,6-11H2,1-2H3/t13-,14-/m1/s1. The number of likely N-dealkylation sites (tertiary alicyclic amines) is 1. The third-order valence-corrected chi connectivity index (χ3v) is 4.96. The number of aliphatic hydroxyl groups excluding tert-OH is 2. The molecule has 2 atom stereocenters. The average molecular weight is 356 g/mol. The van der Waals surface area contributed by atoms with Crippen LogP contribution in [0.2, 0.25) is 0 Å². The summed E-state index contributed by atoms with van der Waals surface area (Å²) >= 11 is 0. The first kappa shape index (κ1) is 19.8. The van der Waals surface area contributed by atoms with Crippen LogP contribution in [0, 0.1) is 30.4 Å². The Morgan fingerprint density at radius 2 is 1.92 bits per heavy atom. The first-order valence-electron chi connectivity index (χ1n) is 8.60. The van der Waals surface area contributed by atoms with Crippen LogP contribution < -0.4 is 0 Å². The summed E-state index contributed by atoms with van der Waals surface area (Å²) in [4.78, 5) is 16.1. The minimum atomic E-state index is -1.12. The number of hydrogen-bond donors (Lipinski definition) is 2. The number of carbonyl (C=O) groups is 1. The molecule has 0 radical (unpaired) electrons. The molecule has 1 aliphatic rings. The molecule has 140 valence electrons. The maximum Gasteiger partial charge on any atom is 0.256 e. The molecule has 2 N–H and O–H groups in total. The van der Waals surface area contributed by atoms with Crippen LogP contribution in [0.3, 0.4) is 0 Å². The molecule has 1 amide bonds. The van der Waals surface area contributed by atoms with Crippen molar-refractivity contribution in [2.24, 2.45) is 11.8 Å². The van der Waals surface area contributed by atoms with E-state index in [2.05, 4.69) is 0 Å². The van der Waals surface area contributed by atoms with E-state index in [4.69, 9.17) is 5.11 Å². The van der Waals surface area contributed by atoms with E-state index in [0.29, 0.717) is 26.2 Å². The Morgan fingerprint density at radius 1 is 1.24 bits per heavy atom. The molecule has 1 aliphatic heterocycles. The normalized spacial score (nSPS) is 20.5. The third-order valence-electron chi connectivity index (χ3n) is 4.96. The van der Waals surface area contributed by atoms with Crippen LogP contribution in [0.5, 0.6) is 0 Å². The monoisotopic (exact) mass is 356 g/mol. The van der Waals surface area contributed by atoms with Crippen molar-refractivity contribution in [3.8, 4) is 0 Å². The average Bonchev–Trinajstić information content (AvgIpc) is 3.01. The van der Waals surface area contributed by atoms with Crippen LogP contribution in [0.15, 0.2) is 12.1 Å². The van der Waals surface area contributed by atoms with Gasteiger partial charge in [-0.15, -0.1) is 0 Å². The van der Waals surface area contributed by atoms with Gasteiger partial charge in [0.2, 0.25) is 0 Å². The molecule has 1 aromatic carbocycles. The van der Waals surface area contributed by atoms with E-state index in [9.17, 15) is 18.7 Å². The van der Waals surface area contributed by atoms with Gasteiger partial charge in [-0.25, -0.2) is 8.78 Å². The third kappa shape index (κ3) is 4.34. The second-order valence-electron chi connectivity index (χ2n) is 6.59.